The Hall–Kier alpha value is -0.370. The zero-order valence-corrected chi connectivity index (χ0v) is 7.58. The molecule has 11 heavy (non-hydrogen) atoms. The molecule has 1 heterocycles. The van der Waals surface area contributed by atoms with E-state index in [4.69, 9.17) is 0 Å². The molecule has 0 saturated carbocycles. The number of rotatable bonds is 1. The van der Waals surface area contributed by atoms with Crippen LogP contribution in [-0.4, -0.2) is 30.8 Å². The van der Waals surface area contributed by atoms with Gasteiger partial charge in [-0.05, 0) is 26.3 Å². The van der Waals surface area contributed by atoms with Crippen molar-refractivity contribution >= 4 is 6.29 Å². The van der Waals surface area contributed by atoms with E-state index in [1.807, 2.05) is 0 Å². The van der Waals surface area contributed by atoms with E-state index in [9.17, 15) is 4.79 Å². The minimum atomic E-state index is 0.293. The highest BCUT2D eigenvalue weighted by atomic mass is 16.1. The summed E-state index contributed by atoms with van der Waals surface area (Å²) in [6.45, 7) is 5.40. The second kappa shape index (κ2) is 3.35. The smallest absolute Gasteiger partial charge is 0.123 e. The first kappa shape index (κ1) is 8.72. The molecule has 0 spiro atoms. The van der Waals surface area contributed by atoms with Crippen molar-refractivity contribution in [3.05, 3.63) is 0 Å². The normalized spacial score (nSPS) is 40.5. The Labute approximate surface area is 68.6 Å². The largest absolute Gasteiger partial charge is 0.303 e. The number of nitrogens with zero attached hydrogens (tertiary/aromatic N) is 1. The maximum absolute atomic E-state index is 10.6. The van der Waals surface area contributed by atoms with E-state index in [0.717, 1.165) is 19.3 Å². The molecule has 1 aliphatic heterocycles. The highest BCUT2D eigenvalue weighted by Crippen LogP contribution is 2.24. The first-order valence-electron chi connectivity index (χ1n) is 4.30. The van der Waals surface area contributed by atoms with Gasteiger partial charge >= 0.3 is 0 Å². The van der Waals surface area contributed by atoms with Crippen molar-refractivity contribution in [3.8, 4) is 0 Å². The zero-order chi connectivity index (χ0) is 8.43. The van der Waals surface area contributed by atoms with Crippen molar-refractivity contribution < 1.29 is 4.79 Å². The van der Waals surface area contributed by atoms with Crippen LogP contribution in [0.1, 0.15) is 20.3 Å². The van der Waals surface area contributed by atoms with Crippen molar-refractivity contribution in [3.63, 3.8) is 0 Å². The number of hydrogen-bond acceptors (Lipinski definition) is 2. The third-order valence-corrected chi connectivity index (χ3v) is 2.85. The predicted molar refractivity (Wildman–Crippen MR) is 45.4 cm³/mol. The number of hydrogen-bond donors (Lipinski definition) is 0. The molecule has 2 heteroatoms. The molecule has 0 aromatic rings. The summed E-state index contributed by atoms with van der Waals surface area (Å²) in [5.74, 6) is 0.829. The van der Waals surface area contributed by atoms with Gasteiger partial charge in [0.15, 0.2) is 0 Å². The lowest BCUT2D eigenvalue weighted by atomic mass is 9.85. The van der Waals surface area contributed by atoms with Crippen LogP contribution in [0.2, 0.25) is 0 Å². The molecule has 1 fully saturated rings. The highest BCUT2D eigenvalue weighted by molar-refractivity contribution is 5.54. The van der Waals surface area contributed by atoms with Crippen LogP contribution in [0.15, 0.2) is 0 Å². The highest BCUT2D eigenvalue weighted by Gasteiger charge is 2.27. The SMILES string of the molecule is C[C@@H]1CN(C)[C@@H](C)C[C@@H]1C=O. The minimum Gasteiger partial charge on any atom is -0.303 e. The first-order valence-corrected chi connectivity index (χ1v) is 4.30. The molecule has 0 aliphatic carbocycles. The van der Waals surface area contributed by atoms with E-state index in [0.29, 0.717) is 17.9 Å². The van der Waals surface area contributed by atoms with Crippen molar-refractivity contribution in [1.29, 1.82) is 0 Å². The number of piperidine rings is 1. The number of likely N-dealkylation sites (tertiary alicyclic amines) is 1. The molecule has 1 rings (SSSR count). The first-order chi connectivity index (χ1) is 5.15. The van der Waals surface area contributed by atoms with E-state index in [1.165, 1.54) is 0 Å². The monoisotopic (exact) mass is 155 g/mol. The van der Waals surface area contributed by atoms with Crippen LogP contribution in [0.3, 0.4) is 0 Å². The van der Waals surface area contributed by atoms with Crippen LogP contribution in [0.5, 0.6) is 0 Å². The van der Waals surface area contributed by atoms with Crippen LogP contribution in [0, 0.1) is 11.8 Å². The van der Waals surface area contributed by atoms with E-state index in [-0.39, 0.29) is 0 Å². The predicted octanol–water partition coefficient (Wildman–Crippen LogP) is 1.16. The summed E-state index contributed by atoms with van der Waals surface area (Å²) in [7, 11) is 2.13. The molecular weight excluding hydrogens is 138 g/mol. The number of carbonyl (C=O) groups excluding carboxylic acids is 1. The van der Waals surface area contributed by atoms with Gasteiger partial charge in [0.1, 0.15) is 6.29 Å². The van der Waals surface area contributed by atoms with Gasteiger partial charge in [-0.2, -0.15) is 0 Å². The van der Waals surface area contributed by atoms with Crippen molar-refractivity contribution in [1.82, 2.24) is 4.90 Å². The summed E-state index contributed by atoms with van der Waals surface area (Å²) in [5, 5.41) is 0. The van der Waals surface area contributed by atoms with E-state index in [2.05, 4.69) is 25.8 Å². The van der Waals surface area contributed by atoms with Gasteiger partial charge in [0.25, 0.3) is 0 Å². The molecule has 0 N–H and O–H groups in total. The van der Waals surface area contributed by atoms with Gasteiger partial charge < -0.3 is 9.69 Å². The van der Waals surface area contributed by atoms with Gasteiger partial charge in [-0.1, -0.05) is 6.92 Å². The fourth-order valence-corrected chi connectivity index (χ4v) is 1.77. The molecule has 0 amide bonds. The Bertz CT molecular complexity index is 146. The van der Waals surface area contributed by atoms with E-state index < -0.39 is 0 Å². The lowest BCUT2D eigenvalue weighted by Crippen LogP contribution is -2.43. The van der Waals surface area contributed by atoms with Crippen molar-refractivity contribution in [2.45, 2.75) is 26.3 Å². The minimum absolute atomic E-state index is 0.293. The average Bonchev–Trinajstić information content (AvgIpc) is 1.97. The summed E-state index contributed by atoms with van der Waals surface area (Å²) < 4.78 is 0. The molecular formula is C9H17NO. The Morgan fingerprint density at radius 1 is 1.45 bits per heavy atom. The second-order valence-electron chi connectivity index (χ2n) is 3.80. The quantitative estimate of drug-likeness (QED) is 0.530. The molecule has 3 atom stereocenters. The lowest BCUT2D eigenvalue weighted by molar-refractivity contribution is -0.114. The third kappa shape index (κ3) is 1.80. The average molecular weight is 155 g/mol. The summed E-state index contributed by atoms with van der Waals surface area (Å²) in [6.07, 6.45) is 2.15. The van der Waals surface area contributed by atoms with Crippen LogP contribution in [0.25, 0.3) is 0 Å². The third-order valence-electron chi connectivity index (χ3n) is 2.85. The molecule has 0 radical (unpaired) electrons. The van der Waals surface area contributed by atoms with E-state index in [1.54, 1.807) is 0 Å². The fourth-order valence-electron chi connectivity index (χ4n) is 1.77. The molecule has 0 bridgehead atoms. The van der Waals surface area contributed by atoms with Crippen LogP contribution < -0.4 is 0 Å². The summed E-state index contributed by atoms with van der Waals surface area (Å²) >= 11 is 0. The molecule has 0 aromatic heterocycles. The van der Waals surface area contributed by atoms with Gasteiger partial charge in [-0.15, -0.1) is 0 Å². The zero-order valence-electron chi connectivity index (χ0n) is 7.58. The standard InChI is InChI=1S/C9H17NO/c1-7-5-10(3)8(2)4-9(7)6-11/h6-9H,4-5H2,1-3H3/t7-,8+,9-/m1/s1. The van der Waals surface area contributed by atoms with Gasteiger partial charge in [0, 0.05) is 18.5 Å². The van der Waals surface area contributed by atoms with Gasteiger partial charge in [0.2, 0.25) is 0 Å². The number of carbonyl (C=O) groups is 1. The summed E-state index contributed by atoms with van der Waals surface area (Å²) in [5.41, 5.74) is 0. The second-order valence-corrected chi connectivity index (χ2v) is 3.80. The topological polar surface area (TPSA) is 20.3 Å². The van der Waals surface area contributed by atoms with Crippen molar-refractivity contribution in [2.24, 2.45) is 11.8 Å². The Morgan fingerprint density at radius 3 is 2.64 bits per heavy atom. The molecule has 2 nitrogen and oxygen atoms in total. The lowest BCUT2D eigenvalue weighted by Gasteiger charge is -2.37. The van der Waals surface area contributed by atoms with Gasteiger partial charge in [-0.25, -0.2) is 0 Å². The Kier molecular flexibility index (Phi) is 2.66. The summed E-state index contributed by atoms with van der Waals surface area (Å²) in [6, 6.07) is 0.571. The molecule has 1 aliphatic rings. The summed E-state index contributed by atoms with van der Waals surface area (Å²) in [4.78, 5) is 12.9. The number of aldehydes is 1. The van der Waals surface area contributed by atoms with Gasteiger partial charge in [-0.3, -0.25) is 0 Å². The maximum atomic E-state index is 10.6. The Morgan fingerprint density at radius 2 is 2.09 bits per heavy atom. The molecule has 64 valence electrons. The van der Waals surface area contributed by atoms with Crippen LogP contribution >= 0.6 is 0 Å². The van der Waals surface area contributed by atoms with Crippen molar-refractivity contribution in [2.75, 3.05) is 13.6 Å². The van der Waals surface area contributed by atoms with Crippen LogP contribution in [-0.2, 0) is 4.79 Å². The molecule has 0 unspecified atom stereocenters. The van der Waals surface area contributed by atoms with Crippen LogP contribution in [0.4, 0.5) is 0 Å². The van der Waals surface area contributed by atoms with Gasteiger partial charge in [0.05, 0.1) is 0 Å². The molecule has 0 aromatic carbocycles. The van der Waals surface area contributed by atoms with E-state index >= 15 is 0 Å². The fraction of sp³-hybridized carbons (Fsp3) is 0.889. The Balaban J connectivity index is 2.54. The molecule has 1 saturated heterocycles. The maximum Gasteiger partial charge on any atom is 0.123 e.